The molecule has 7 heteroatoms. The van der Waals surface area contributed by atoms with Gasteiger partial charge in [-0.1, -0.05) is 54.1 Å². The third kappa shape index (κ3) is 4.48. The molecule has 0 N–H and O–H groups in total. The van der Waals surface area contributed by atoms with Crippen LogP contribution in [0.1, 0.15) is 44.8 Å². The summed E-state index contributed by atoms with van der Waals surface area (Å²) in [6, 6.07) is 7.14. The number of carbonyl (C=O) groups excluding carboxylic acids is 3. The number of fused-ring (bicyclic) bond motifs is 1. The molecule has 4 rings (SSSR count). The van der Waals surface area contributed by atoms with Gasteiger partial charge in [-0.2, -0.15) is 0 Å². The average molecular weight is 489 g/mol. The van der Waals surface area contributed by atoms with E-state index in [0.717, 1.165) is 10.0 Å². The van der Waals surface area contributed by atoms with E-state index in [1.165, 1.54) is 4.90 Å². The van der Waals surface area contributed by atoms with Crippen LogP contribution < -0.4 is 0 Å². The summed E-state index contributed by atoms with van der Waals surface area (Å²) in [5.41, 5.74) is 1.01. The van der Waals surface area contributed by atoms with Crippen molar-refractivity contribution >= 4 is 33.7 Å². The van der Waals surface area contributed by atoms with Gasteiger partial charge in [0.1, 0.15) is 12.1 Å². The van der Waals surface area contributed by atoms with Crippen LogP contribution >= 0.6 is 15.9 Å². The van der Waals surface area contributed by atoms with E-state index < -0.39 is 6.04 Å². The highest BCUT2D eigenvalue weighted by molar-refractivity contribution is 9.10. The Morgan fingerprint density at radius 1 is 1.10 bits per heavy atom. The van der Waals surface area contributed by atoms with Crippen LogP contribution in [-0.2, 0) is 19.1 Å². The molecule has 0 aromatic heterocycles. The molecule has 0 spiro atoms. The number of hydrogen-bond donors (Lipinski definition) is 0. The quantitative estimate of drug-likeness (QED) is 0.467. The number of imide groups is 1. The van der Waals surface area contributed by atoms with Crippen molar-refractivity contribution in [2.24, 2.45) is 17.8 Å². The minimum absolute atomic E-state index is 0.146. The number of nitrogens with zero attached hydrogens (tertiary/aromatic N) is 2. The Hall–Kier alpha value is -1.99. The third-order valence-electron chi connectivity index (χ3n) is 6.45. The van der Waals surface area contributed by atoms with Gasteiger partial charge < -0.3 is 9.64 Å². The van der Waals surface area contributed by atoms with E-state index in [9.17, 15) is 14.4 Å². The molecule has 0 bridgehead atoms. The second-order valence-electron chi connectivity index (χ2n) is 9.04. The lowest BCUT2D eigenvalue weighted by molar-refractivity contribution is -0.155. The number of rotatable bonds is 5. The van der Waals surface area contributed by atoms with Crippen molar-refractivity contribution in [2.75, 3.05) is 19.7 Å². The number of amides is 3. The van der Waals surface area contributed by atoms with Crippen LogP contribution in [0.3, 0.4) is 0 Å². The predicted octanol–water partition coefficient (Wildman–Crippen LogP) is 3.71. The van der Waals surface area contributed by atoms with Crippen molar-refractivity contribution in [1.82, 2.24) is 9.80 Å². The number of likely N-dealkylation sites (tertiary alicyclic amines) is 1. The lowest BCUT2D eigenvalue weighted by atomic mass is 9.85. The van der Waals surface area contributed by atoms with Gasteiger partial charge in [0.15, 0.2) is 0 Å². The van der Waals surface area contributed by atoms with Crippen molar-refractivity contribution in [3.05, 3.63) is 46.5 Å². The van der Waals surface area contributed by atoms with Crippen molar-refractivity contribution in [3.63, 3.8) is 0 Å². The minimum Gasteiger partial charge on any atom is -0.370 e. The Morgan fingerprint density at radius 2 is 1.71 bits per heavy atom. The summed E-state index contributed by atoms with van der Waals surface area (Å²) in [5, 5.41) is 0. The molecule has 3 amide bonds. The highest BCUT2D eigenvalue weighted by Gasteiger charge is 2.51. The van der Waals surface area contributed by atoms with Gasteiger partial charge in [0.25, 0.3) is 0 Å². The van der Waals surface area contributed by atoms with Gasteiger partial charge >= 0.3 is 0 Å². The first kappa shape index (κ1) is 22.2. The summed E-state index contributed by atoms with van der Waals surface area (Å²) in [6.45, 7) is 5.34. The molecule has 0 saturated carbocycles. The Labute approximate surface area is 191 Å². The lowest BCUT2D eigenvalue weighted by Crippen LogP contribution is -2.54. The lowest BCUT2D eigenvalue weighted by Gasteiger charge is -2.37. The number of halogens is 1. The highest BCUT2D eigenvalue weighted by atomic mass is 79.9. The molecule has 4 unspecified atom stereocenters. The second kappa shape index (κ2) is 9.25. The van der Waals surface area contributed by atoms with Crippen molar-refractivity contribution in [1.29, 1.82) is 0 Å². The molecular formula is C24H29BrN2O4. The molecule has 1 aromatic carbocycles. The van der Waals surface area contributed by atoms with Crippen LogP contribution in [0, 0.1) is 17.8 Å². The Balaban J connectivity index is 1.55. The molecule has 2 fully saturated rings. The van der Waals surface area contributed by atoms with Gasteiger partial charge in [-0.05, 0) is 42.9 Å². The van der Waals surface area contributed by atoms with Gasteiger partial charge in [0.2, 0.25) is 17.7 Å². The maximum Gasteiger partial charge on any atom is 0.246 e. The smallest absolute Gasteiger partial charge is 0.246 e. The zero-order valence-corrected chi connectivity index (χ0v) is 19.6. The first-order valence-corrected chi connectivity index (χ1v) is 11.8. The number of allylic oxidation sites excluding steroid dienone is 2. The SMILES string of the molecule is CC(C)CC(C(=O)N1CCOC(c2ccc(Br)cc2)C1)N1C(=O)C2CC=CCC2C1=O. The van der Waals surface area contributed by atoms with E-state index in [1.54, 1.807) is 4.90 Å². The maximum absolute atomic E-state index is 13.6. The van der Waals surface area contributed by atoms with Crippen molar-refractivity contribution < 1.29 is 19.1 Å². The number of carbonyl (C=O) groups is 3. The molecule has 2 saturated heterocycles. The van der Waals surface area contributed by atoms with Crippen molar-refractivity contribution in [2.45, 2.75) is 45.3 Å². The van der Waals surface area contributed by atoms with Gasteiger partial charge in [-0.15, -0.1) is 0 Å². The summed E-state index contributed by atoms with van der Waals surface area (Å²) in [7, 11) is 0. The summed E-state index contributed by atoms with van der Waals surface area (Å²) >= 11 is 3.44. The van der Waals surface area contributed by atoms with Crippen LogP contribution in [-0.4, -0.2) is 53.3 Å². The molecule has 1 aromatic rings. The first-order chi connectivity index (χ1) is 14.9. The molecule has 31 heavy (non-hydrogen) atoms. The number of benzene rings is 1. The van der Waals surface area contributed by atoms with Crippen LogP contribution in [0.2, 0.25) is 0 Å². The number of hydrogen-bond acceptors (Lipinski definition) is 4. The van der Waals surface area contributed by atoms with Crippen LogP contribution in [0.5, 0.6) is 0 Å². The molecule has 2 aliphatic heterocycles. The summed E-state index contributed by atoms with van der Waals surface area (Å²) < 4.78 is 6.91. The van der Waals surface area contributed by atoms with E-state index in [0.29, 0.717) is 39.0 Å². The second-order valence-corrected chi connectivity index (χ2v) is 9.96. The highest BCUT2D eigenvalue weighted by Crippen LogP contribution is 2.37. The molecule has 2 heterocycles. The van der Waals surface area contributed by atoms with E-state index in [2.05, 4.69) is 15.9 Å². The molecule has 6 nitrogen and oxygen atoms in total. The van der Waals surface area contributed by atoms with Gasteiger partial charge in [0, 0.05) is 11.0 Å². The average Bonchev–Trinajstić information content (AvgIpc) is 3.02. The van der Waals surface area contributed by atoms with E-state index in [1.807, 2.05) is 50.3 Å². The summed E-state index contributed by atoms with van der Waals surface area (Å²) in [5.74, 6) is -0.974. The van der Waals surface area contributed by atoms with E-state index in [4.69, 9.17) is 4.74 Å². The minimum atomic E-state index is -0.741. The third-order valence-corrected chi connectivity index (χ3v) is 6.98. The van der Waals surface area contributed by atoms with Gasteiger partial charge in [-0.3, -0.25) is 19.3 Å². The fourth-order valence-corrected chi connectivity index (χ4v) is 5.10. The Morgan fingerprint density at radius 3 is 2.29 bits per heavy atom. The van der Waals surface area contributed by atoms with Crippen LogP contribution in [0.4, 0.5) is 0 Å². The zero-order chi connectivity index (χ0) is 22.1. The van der Waals surface area contributed by atoms with E-state index in [-0.39, 0.29) is 41.6 Å². The fourth-order valence-electron chi connectivity index (χ4n) is 4.84. The Bertz CT molecular complexity index is 856. The van der Waals surface area contributed by atoms with Crippen LogP contribution in [0.25, 0.3) is 0 Å². The maximum atomic E-state index is 13.6. The fraction of sp³-hybridized carbons (Fsp3) is 0.542. The zero-order valence-electron chi connectivity index (χ0n) is 18.0. The molecule has 1 aliphatic carbocycles. The standard InChI is InChI=1S/C24H29BrN2O4/c1-15(2)13-20(27-22(28)18-5-3-4-6-19(18)23(27)29)24(30)26-11-12-31-21(14-26)16-7-9-17(25)10-8-16/h3-4,7-10,15,18-21H,5-6,11-14H2,1-2H3. The first-order valence-electron chi connectivity index (χ1n) is 11.0. The van der Waals surface area contributed by atoms with Crippen LogP contribution in [0.15, 0.2) is 40.9 Å². The van der Waals surface area contributed by atoms with Gasteiger partial charge in [0.05, 0.1) is 25.0 Å². The largest absolute Gasteiger partial charge is 0.370 e. The number of morpholine rings is 1. The monoisotopic (exact) mass is 488 g/mol. The molecule has 0 radical (unpaired) electrons. The van der Waals surface area contributed by atoms with E-state index >= 15 is 0 Å². The summed E-state index contributed by atoms with van der Waals surface area (Å²) in [4.78, 5) is 43.0. The van der Waals surface area contributed by atoms with Gasteiger partial charge in [-0.25, -0.2) is 0 Å². The Kier molecular flexibility index (Phi) is 6.63. The molecule has 166 valence electrons. The molecule has 3 aliphatic rings. The summed E-state index contributed by atoms with van der Waals surface area (Å²) in [6.07, 6.45) is 5.36. The van der Waals surface area contributed by atoms with Crippen molar-refractivity contribution in [3.8, 4) is 0 Å². The topological polar surface area (TPSA) is 66.9 Å². The normalized spacial score (nSPS) is 27.0. The molecule has 4 atom stereocenters. The number of ether oxygens (including phenoxy) is 1. The molecular weight excluding hydrogens is 460 g/mol. The predicted molar refractivity (Wildman–Crippen MR) is 120 cm³/mol.